The van der Waals surface area contributed by atoms with Gasteiger partial charge in [-0.15, -0.1) is 0 Å². The Morgan fingerprint density at radius 2 is 1.44 bits per heavy atom. The Kier molecular flexibility index (Phi) is 7.89. The number of benzene rings is 2. The van der Waals surface area contributed by atoms with Gasteiger partial charge in [0, 0.05) is 13.1 Å². The van der Waals surface area contributed by atoms with Crippen molar-refractivity contribution >= 4 is 10.0 Å². The lowest BCUT2D eigenvalue weighted by Gasteiger charge is -2.28. The summed E-state index contributed by atoms with van der Waals surface area (Å²) in [6.07, 6.45) is 0. The van der Waals surface area contributed by atoms with Gasteiger partial charge in [0.15, 0.2) is 0 Å². The lowest BCUT2D eigenvalue weighted by molar-refractivity contribution is 0.0756. The van der Waals surface area contributed by atoms with Crippen molar-refractivity contribution in [2.45, 2.75) is 25.6 Å². The van der Waals surface area contributed by atoms with Crippen LogP contribution in [0.4, 0.5) is 0 Å². The number of hydrogen-bond donors (Lipinski definition) is 1. The summed E-state index contributed by atoms with van der Waals surface area (Å²) in [6.45, 7) is 1.58. The van der Waals surface area contributed by atoms with E-state index >= 15 is 0 Å². The lowest BCUT2D eigenvalue weighted by atomic mass is 10.0. The smallest absolute Gasteiger partial charge is 0.217 e. The summed E-state index contributed by atoms with van der Waals surface area (Å²) in [7, 11) is -0.853. The van der Waals surface area contributed by atoms with E-state index in [4.69, 9.17) is 14.7 Å². The van der Waals surface area contributed by atoms with Crippen LogP contribution in [0.5, 0.6) is 11.5 Å². The van der Waals surface area contributed by atoms with Crippen LogP contribution in [-0.4, -0.2) is 42.8 Å². The molecule has 9 heteroatoms. The fraction of sp³-hybridized carbons (Fsp3) is 0.280. The normalized spacial score (nSPS) is 13.2. The van der Waals surface area contributed by atoms with Gasteiger partial charge in [0.25, 0.3) is 0 Å². The summed E-state index contributed by atoms with van der Waals surface area (Å²) in [4.78, 5) is 4.09. The zero-order chi connectivity index (χ0) is 24.8. The number of methoxy groups -OCH3 is 2. The number of nitriles is 1. The quantitative estimate of drug-likeness (QED) is 0.473. The number of rotatable bonds is 10. The van der Waals surface area contributed by atoms with Crippen LogP contribution in [0.3, 0.4) is 0 Å². The Morgan fingerprint density at radius 1 is 0.941 bits per heavy atom. The fourth-order valence-corrected chi connectivity index (χ4v) is 5.17. The molecule has 0 saturated carbocycles. The van der Waals surface area contributed by atoms with Crippen molar-refractivity contribution in [2.24, 2.45) is 0 Å². The predicted molar refractivity (Wildman–Crippen MR) is 128 cm³/mol. The topological polar surface area (TPSA) is 113 Å². The first-order chi connectivity index (χ1) is 16.2. The monoisotopic (exact) mass is 481 g/mol. The molecule has 0 aliphatic carbocycles. The van der Waals surface area contributed by atoms with Gasteiger partial charge in [0.2, 0.25) is 10.0 Å². The van der Waals surface area contributed by atoms with E-state index in [-0.39, 0.29) is 24.5 Å². The zero-order valence-corrected chi connectivity index (χ0v) is 20.1. The Labute approximate surface area is 200 Å². The summed E-state index contributed by atoms with van der Waals surface area (Å²) in [5.74, 6) is 0.730. The summed E-state index contributed by atoms with van der Waals surface area (Å²) in [5, 5.41) is 20.2. The first-order valence-corrected chi connectivity index (χ1v) is 12.1. The molecule has 1 atom stereocenters. The number of aromatic nitrogens is 1. The molecule has 0 aliphatic heterocycles. The van der Waals surface area contributed by atoms with Crippen molar-refractivity contribution in [3.8, 4) is 17.6 Å². The molecule has 3 rings (SSSR count). The highest BCUT2D eigenvalue weighted by molar-refractivity contribution is 7.89. The number of aliphatic hydroxyl groups is 1. The van der Waals surface area contributed by atoms with Crippen LogP contribution in [0.25, 0.3) is 0 Å². The molecule has 2 aromatic carbocycles. The van der Waals surface area contributed by atoms with Crippen molar-refractivity contribution in [2.75, 3.05) is 20.0 Å². The first-order valence-electron chi connectivity index (χ1n) is 10.5. The predicted octanol–water partition coefficient (Wildman–Crippen LogP) is 3.21. The molecule has 1 unspecified atom stereocenters. The van der Waals surface area contributed by atoms with E-state index < -0.39 is 21.4 Å². The van der Waals surface area contributed by atoms with E-state index in [0.29, 0.717) is 11.5 Å². The highest BCUT2D eigenvalue weighted by Gasteiger charge is 2.35. The summed E-state index contributed by atoms with van der Waals surface area (Å²) < 4.78 is 38.8. The van der Waals surface area contributed by atoms with Crippen molar-refractivity contribution in [3.63, 3.8) is 0 Å². The van der Waals surface area contributed by atoms with Gasteiger partial charge in [-0.3, -0.25) is 0 Å². The van der Waals surface area contributed by atoms with Gasteiger partial charge in [-0.2, -0.15) is 9.57 Å². The lowest BCUT2D eigenvalue weighted by Crippen LogP contribution is -2.40. The maximum absolute atomic E-state index is 13.6. The fourth-order valence-electron chi connectivity index (χ4n) is 3.44. The van der Waals surface area contributed by atoms with E-state index in [1.807, 2.05) is 6.07 Å². The van der Waals surface area contributed by atoms with Gasteiger partial charge in [0.05, 0.1) is 25.7 Å². The van der Waals surface area contributed by atoms with Crippen molar-refractivity contribution < 1.29 is 23.0 Å². The van der Waals surface area contributed by atoms with Crippen LogP contribution in [0.1, 0.15) is 29.4 Å². The second-order valence-corrected chi connectivity index (χ2v) is 9.98. The molecule has 0 spiro atoms. The summed E-state index contributed by atoms with van der Waals surface area (Å²) >= 11 is 0. The van der Waals surface area contributed by atoms with Crippen molar-refractivity contribution in [1.82, 2.24) is 9.29 Å². The molecule has 3 aromatic rings. The van der Waals surface area contributed by atoms with Crippen LogP contribution in [-0.2, 0) is 28.7 Å². The molecular weight excluding hydrogens is 454 g/mol. The Bertz CT molecular complexity index is 1200. The second kappa shape index (κ2) is 10.7. The van der Waals surface area contributed by atoms with Crippen molar-refractivity contribution in [1.29, 1.82) is 5.26 Å². The van der Waals surface area contributed by atoms with Crippen molar-refractivity contribution in [3.05, 3.63) is 89.2 Å². The van der Waals surface area contributed by atoms with Crippen LogP contribution in [0.2, 0.25) is 0 Å². The van der Waals surface area contributed by atoms with E-state index in [9.17, 15) is 13.5 Å². The minimum Gasteiger partial charge on any atom is -0.497 e. The minimum absolute atomic E-state index is 0.0973. The molecular formula is C25H27N3O5S. The third-order valence-electron chi connectivity index (χ3n) is 5.31. The third kappa shape index (κ3) is 6.32. The highest BCUT2D eigenvalue weighted by atomic mass is 32.2. The number of hydrogen-bond acceptors (Lipinski definition) is 7. The molecule has 0 fully saturated rings. The SMILES string of the molecule is COc1ccc(CN(Cc2ccc(OC)cc2)S(=O)(=O)CC(C)(O)c2cccc(C#N)n2)cc1. The molecule has 0 saturated heterocycles. The molecule has 34 heavy (non-hydrogen) atoms. The average molecular weight is 482 g/mol. The number of sulfonamides is 1. The number of ether oxygens (including phenoxy) is 2. The minimum atomic E-state index is -3.98. The Morgan fingerprint density at radius 3 is 1.88 bits per heavy atom. The van der Waals surface area contributed by atoms with E-state index in [1.165, 1.54) is 23.4 Å². The first kappa shape index (κ1) is 25.2. The summed E-state index contributed by atoms with van der Waals surface area (Å²) in [6, 6.07) is 20.7. The van der Waals surface area contributed by atoms with Gasteiger partial charge >= 0.3 is 0 Å². The van der Waals surface area contributed by atoms with E-state index in [0.717, 1.165) is 11.1 Å². The van der Waals surface area contributed by atoms with Gasteiger partial charge < -0.3 is 14.6 Å². The molecule has 0 aliphatic rings. The van der Waals surface area contributed by atoms with E-state index in [1.54, 1.807) is 68.8 Å². The summed E-state index contributed by atoms with van der Waals surface area (Å²) in [5.41, 5.74) is -0.0549. The van der Waals surface area contributed by atoms with Crippen LogP contribution in [0.15, 0.2) is 66.7 Å². The largest absolute Gasteiger partial charge is 0.497 e. The average Bonchev–Trinajstić information content (AvgIpc) is 2.84. The molecule has 0 radical (unpaired) electrons. The maximum atomic E-state index is 13.6. The molecule has 0 bridgehead atoms. The third-order valence-corrected chi connectivity index (χ3v) is 7.28. The van der Waals surface area contributed by atoms with Crippen LogP contribution >= 0.6 is 0 Å². The number of pyridine rings is 1. The highest BCUT2D eigenvalue weighted by Crippen LogP contribution is 2.26. The Hall–Kier alpha value is -3.45. The number of nitrogens with zero attached hydrogens (tertiary/aromatic N) is 3. The van der Waals surface area contributed by atoms with Gasteiger partial charge in [-0.1, -0.05) is 30.3 Å². The molecule has 8 nitrogen and oxygen atoms in total. The van der Waals surface area contributed by atoms with Gasteiger partial charge in [-0.05, 0) is 54.4 Å². The second-order valence-electron chi connectivity index (χ2n) is 8.01. The van der Waals surface area contributed by atoms with E-state index in [2.05, 4.69) is 4.98 Å². The van der Waals surface area contributed by atoms with Crippen LogP contribution < -0.4 is 9.47 Å². The zero-order valence-electron chi connectivity index (χ0n) is 19.3. The standard InChI is InChI=1S/C25H27N3O5S/c1-25(29,24-6-4-5-21(15-26)27-24)18-34(30,31)28(16-19-7-11-22(32-2)12-8-19)17-20-9-13-23(33-3)14-10-20/h4-14,29H,16-18H2,1-3H3. The molecule has 0 amide bonds. The molecule has 1 heterocycles. The molecule has 1 aromatic heterocycles. The Balaban J connectivity index is 1.91. The molecule has 1 N–H and O–H groups in total. The van der Waals surface area contributed by atoms with Crippen LogP contribution in [0, 0.1) is 11.3 Å². The van der Waals surface area contributed by atoms with Gasteiger partial charge in [-0.25, -0.2) is 13.4 Å². The molecule has 178 valence electrons. The van der Waals surface area contributed by atoms with Gasteiger partial charge in [0.1, 0.15) is 28.9 Å². The maximum Gasteiger partial charge on any atom is 0.217 e.